The summed E-state index contributed by atoms with van der Waals surface area (Å²) in [6.45, 7) is 4.44. The first-order valence-electron chi connectivity index (χ1n) is 7.17. The Balaban J connectivity index is 2.01. The maximum Gasteiger partial charge on any atom is 0.226 e. The first kappa shape index (κ1) is 15.3. The molecule has 1 heterocycles. The second-order valence-corrected chi connectivity index (χ2v) is 5.15. The third-order valence-electron chi connectivity index (χ3n) is 2.93. The highest BCUT2D eigenvalue weighted by molar-refractivity contribution is 5.30. The van der Waals surface area contributed by atoms with E-state index < -0.39 is 0 Å². The fourth-order valence-corrected chi connectivity index (χ4v) is 1.99. The van der Waals surface area contributed by atoms with Gasteiger partial charge in [-0.2, -0.15) is 4.98 Å². The van der Waals surface area contributed by atoms with Gasteiger partial charge in [-0.15, -0.1) is 0 Å². The number of nitrogens with zero attached hydrogens (tertiary/aromatic N) is 2. The van der Waals surface area contributed by atoms with E-state index in [0.29, 0.717) is 18.4 Å². The summed E-state index contributed by atoms with van der Waals surface area (Å²) in [5.41, 5.74) is 7.07. The Morgan fingerprint density at radius 3 is 2.62 bits per heavy atom. The van der Waals surface area contributed by atoms with Crippen molar-refractivity contribution in [2.24, 2.45) is 5.73 Å². The molecule has 0 saturated heterocycles. The molecule has 112 valence electrons. The van der Waals surface area contributed by atoms with Crippen molar-refractivity contribution < 1.29 is 4.74 Å². The number of aromatic nitrogens is 2. The molecule has 2 rings (SSSR count). The molecule has 0 amide bonds. The summed E-state index contributed by atoms with van der Waals surface area (Å²) in [6, 6.07) is 12.1. The van der Waals surface area contributed by atoms with Gasteiger partial charge in [-0.1, -0.05) is 30.3 Å². The summed E-state index contributed by atoms with van der Waals surface area (Å²) < 4.78 is 5.57. The van der Waals surface area contributed by atoms with E-state index in [4.69, 9.17) is 10.5 Å². The van der Waals surface area contributed by atoms with Gasteiger partial charge in [0.25, 0.3) is 0 Å². The lowest BCUT2D eigenvalue weighted by Gasteiger charge is -2.17. The van der Waals surface area contributed by atoms with E-state index in [1.54, 1.807) is 12.3 Å². The van der Waals surface area contributed by atoms with Gasteiger partial charge in [0.15, 0.2) is 0 Å². The maximum atomic E-state index is 5.84. The summed E-state index contributed by atoms with van der Waals surface area (Å²) in [7, 11) is 0. The molecule has 0 saturated carbocycles. The lowest BCUT2D eigenvalue weighted by atomic mass is 10.1. The number of nitrogens with two attached hydrogens (primary N) is 1. The minimum Gasteiger partial charge on any atom is -0.475 e. The zero-order valence-electron chi connectivity index (χ0n) is 12.5. The topological polar surface area (TPSA) is 73.1 Å². The lowest BCUT2D eigenvalue weighted by Crippen LogP contribution is -2.31. The fraction of sp³-hybridized carbons (Fsp3) is 0.375. The van der Waals surface area contributed by atoms with Crippen LogP contribution in [0.25, 0.3) is 0 Å². The van der Waals surface area contributed by atoms with Crippen molar-refractivity contribution in [3.05, 3.63) is 48.2 Å². The third-order valence-corrected chi connectivity index (χ3v) is 2.93. The predicted octanol–water partition coefficient (Wildman–Crippen LogP) is 2.25. The minimum atomic E-state index is 0.0849. The molecule has 3 N–H and O–H groups in total. The van der Waals surface area contributed by atoms with Crippen molar-refractivity contribution in [1.29, 1.82) is 0 Å². The van der Waals surface area contributed by atoms with Crippen LogP contribution < -0.4 is 15.8 Å². The summed E-state index contributed by atoms with van der Waals surface area (Å²) in [4.78, 5) is 8.56. The molecule has 0 fully saturated rings. The SMILES string of the molecule is CC(C)Oc1ccnc(NC(CN)Cc2ccccc2)n1. The van der Waals surface area contributed by atoms with Gasteiger partial charge in [-0.3, -0.25) is 0 Å². The molecular weight excluding hydrogens is 264 g/mol. The van der Waals surface area contributed by atoms with Crippen LogP contribution in [0.3, 0.4) is 0 Å². The molecule has 0 bridgehead atoms. The zero-order chi connectivity index (χ0) is 15.1. The maximum absolute atomic E-state index is 5.84. The molecule has 5 nitrogen and oxygen atoms in total. The first-order chi connectivity index (χ1) is 10.2. The standard InChI is InChI=1S/C16H22N4O/c1-12(2)21-15-8-9-18-16(20-15)19-14(11-17)10-13-6-4-3-5-7-13/h3-9,12,14H,10-11,17H2,1-2H3,(H,18,19,20). The summed E-state index contributed by atoms with van der Waals surface area (Å²) in [5.74, 6) is 1.11. The molecule has 0 aliphatic heterocycles. The monoisotopic (exact) mass is 286 g/mol. The van der Waals surface area contributed by atoms with Crippen LogP contribution in [0.5, 0.6) is 5.88 Å². The van der Waals surface area contributed by atoms with Crippen molar-refractivity contribution in [1.82, 2.24) is 9.97 Å². The Hall–Kier alpha value is -2.14. The minimum absolute atomic E-state index is 0.0849. The van der Waals surface area contributed by atoms with E-state index in [9.17, 15) is 0 Å². The van der Waals surface area contributed by atoms with E-state index >= 15 is 0 Å². The van der Waals surface area contributed by atoms with Gasteiger partial charge in [0.05, 0.1) is 6.10 Å². The van der Waals surface area contributed by atoms with Gasteiger partial charge in [-0.05, 0) is 25.8 Å². The Labute approximate surface area is 125 Å². The average molecular weight is 286 g/mol. The van der Waals surface area contributed by atoms with E-state index in [1.807, 2.05) is 32.0 Å². The average Bonchev–Trinajstić information content (AvgIpc) is 2.47. The number of benzene rings is 1. The van der Waals surface area contributed by atoms with Crippen LogP contribution in [0, 0.1) is 0 Å². The highest BCUT2D eigenvalue weighted by atomic mass is 16.5. The third kappa shape index (κ3) is 5.04. The molecule has 0 aliphatic rings. The number of hydrogen-bond donors (Lipinski definition) is 2. The van der Waals surface area contributed by atoms with E-state index in [1.165, 1.54) is 5.56 Å². The lowest BCUT2D eigenvalue weighted by molar-refractivity contribution is 0.232. The first-order valence-corrected chi connectivity index (χ1v) is 7.17. The molecule has 5 heteroatoms. The van der Waals surface area contributed by atoms with Gasteiger partial charge >= 0.3 is 0 Å². The van der Waals surface area contributed by atoms with Crippen LogP contribution in [-0.4, -0.2) is 28.7 Å². The number of nitrogens with one attached hydrogen (secondary N) is 1. The largest absolute Gasteiger partial charge is 0.475 e. The van der Waals surface area contributed by atoms with Gasteiger partial charge in [0.1, 0.15) is 0 Å². The normalized spacial score (nSPS) is 12.2. The van der Waals surface area contributed by atoms with Gasteiger partial charge < -0.3 is 15.8 Å². The summed E-state index contributed by atoms with van der Waals surface area (Å²) in [5, 5.41) is 3.26. The van der Waals surface area contributed by atoms with E-state index in [2.05, 4.69) is 27.4 Å². The van der Waals surface area contributed by atoms with Crippen molar-refractivity contribution in [2.75, 3.05) is 11.9 Å². The van der Waals surface area contributed by atoms with Crippen LogP contribution >= 0.6 is 0 Å². The summed E-state index contributed by atoms with van der Waals surface area (Å²) >= 11 is 0. The smallest absolute Gasteiger partial charge is 0.226 e. The Morgan fingerprint density at radius 1 is 1.19 bits per heavy atom. The van der Waals surface area contributed by atoms with Crippen molar-refractivity contribution in [2.45, 2.75) is 32.4 Å². The van der Waals surface area contributed by atoms with Crippen molar-refractivity contribution in [3.8, 4) is 5.88 Å². The molecule has 1 unspecified atom stereocenters. The molecule has 1 aromatic heterocycles. The molecule has 0 spiro atoms. The second kappa shape index (κ2) is 7.59. The highest BCUT2D eigenvalue weighted by Gasteiger charge is 2.10. The Kier molecular flexibility index (Phi) is 5.51. The van der Waals surface area contributed by atoms with Gasteiger partial charge in [-0.25, -0.2) is 4.98 Å². The van der Waals surface area contributed by atoms with Gasteiger partial charge in [0.2, 0.25) is 11.8 Å². The molecule has 2 aromatic rings. The number of rotatable bonds is 7. The fourth-order valence-electron chi connectivity index (χ4n) is 1.99. The van der Waals surface area contributed by atoms with Crippen molar-refractivity contribution in [3.63, 3.8) is 0 Å². The molecule has 0 radical (unpaired) electrons. The van der Waals surface area contributed by atoms with Crippen LogP contribution in [-0.2, 0) is 6.42 Å². The zero-order valence-corrected chi connectivity index (χ0v) is 12.5. The van der Waals surface area contributed by atoms with Crippen molar-refractivity contribution >= 4 is 5.95 Å². The van der Waals surface area contributed by atoms with Crippen LogP contribution in [0.4, 0.5) is 5.95 Å². The number of hydrogen-bond acceptors (Lipinski definition) is 5. The highest BCUT2D eigenvalue weighted by Crippen LogP contribution is 2.12. The quantitative estimate of drug-likeness (QED) is 0.816. The van der Waals surface area contributed by atoms with Crippen LogP contribution in [0.1, 0.15) is 19.4 Å². The summed E-state index contributed by atoms with van der Waals surface area (Å²) in [6.07, 6.45) is 2.60. The predicted molar refractivity (Wildman–Crippen MR) is 84.4 cm³/mol. The van der Waals surface area contributed by atoms with Gasteiger partial charge in [0, 0.05) is 24.8 Å². The Bertz CT molecular complexity index is 545. The number of anilines is 1. The molecular formula is C16H22N4O. The molecule has 1 atom stereocenters. The second-order valence-electron chi connectivity index (χ2n) is 5.15. The molecule has 21 heavy (non-hydrogen) atoms. The van der Waals surface area contributed by atoms with Crippen LogP contribution in [0.15, 0.2) is 42.6 Å². The Morgan fingerprint density at radius 2 is 1.95 bits per heavy atom. The van der Waals surface area contributed by atoms with E-state index in [0.717, 1.165) is 6.42 Å². The number of ether oxygens (including phenoxy) is 1. The van der Waals surface area contributed by atoms with E-state index in [-0.39, 0.29) is 12.1 Å². The molecule has 0 aliphatic carbocycles. The molecule has 1 aromatic carbocycles. The van der Waals surface area contributed by atoms with Crippen LogP contribution in [0.2, 0.25) is 0 Å².